The molecule has 4 nitrogen and oxygen atoms in total. The van der Waals surface area contributed by atoms with Gasteiger partial charge in [-0.15, -0.1) is 6.58 Å². The molecule has 25 heavy (non-hydrogen) atoms. The molecule has 0 aromatic heterocycles. The van der Waals surface area contributed by atoms with E-state index in [1.54, 1.807) is 12.1 Å². The molecular formula is C18H21BrF2N2O2. The number of rotatable bonds is 7. The highest BCUT2D eigenvalue weighted by Crippen LogP contribution is 2.26. The maximum absolute atomic E-state index is 12.4. The molecule has 1 aliphatic rings. The number of nitrogens with one attached hydrogen (secondary N) is 1. The van der Waals surface area contributed by atoms with Crippen molar-refractivity contribution in [3.8, 4) is 5.75 Å². The first-order valence-corrected chi connectivity index (χ1v) is 8.83. The third kappa shape index (κ3) is 6.59. The van der Waals surface area contributed by atoms with Gasteiger partial charge in [-0.25, -0.2) is 0 Å². The maximum Gasteiger partial charge on any atom is 0.387 e. The van der Waals surface area contributed by atoms with Crippen molar-refractivity contribution in [3.63, 3.8) is 0 Å². The van der Waals surface area contributed by atoms with Crippen molar-refractivity contribution in [1.82, 2.24) is 10.2 Å². The van der Waals surface area contributed by atoms with E-state index in [-0.39, 0.29) is 17.7 Å². The summed E-state index contributed by atoms with van der Waals surface area (Å²) in [6.45, 7) is 3.50. The van der Waals surface area contributed by atoms with Gasteiger partial charge in [0, 0.05) is 41.8 Å². The van der Waals surface area contributed by atoms with E-state index in [0.29, 0.717) is 10.0 Å². The van der Waals surface area contributed by atoms with Gasteiger partial charge in [0.05, 0.1) is 0 Å². The molecule has 1 N–H and O–H groups in total. The van der Waals surface area contributed by atoms with Gasteiger partial charge in [-0.1, -0.05) is 22.0 Å². The third-order valence-corrected chi connectivity index (χ3v) is 4.42. The molecule has 7 heteroatoms. The molecule has 0 aliphatic carbocycles. The summed E-state index contributed by atoms with van der Waals surface area (Å²) in [6, 6.07) is 4.78. The van der Waals surface area contributed by atoms with Crippen LogP contribution in [-0.2, 0) is 4.79 Å². The Bertz CT molecular complexity index is 630. The van der Waals surface area contributed by atoms with Crippen molar-refractivity contribution in [3.05, 3.63) is 47.0 Å². The highest BCUT2D eigenvalue weighted by Gasteiger charge is 2.19. The van der Waals surface area contributed by atoms with Crippen LogP contribution in [0.4, 0.5) is 8.78 Å². The molecule has 1 aromatic rings. The van der Waals surface area contributed by atoms with E-state index < -0.39 is 6.61 Å². The van der Waals surface area contributed by atoms with Gasteiger partial charge in [-0.05, 0) is 37.1 Å². The third-order valence-electron chi connectivity index (χ3n) is 3.92. The Morgan fingerprint density at radius 1 is 1.44 bits per heavy atom. The first-order valence-electron chi connectivity index (χ1n) is 8.04. The second-order valence-electron chi connectivity index (χ2n) is 5.77. The fourth-order valence-corrected chi connectivity index (χ4v) is 3.09. The lowest BCUT2D eigenvalue weighted by Gasteiger charge is -2.31. The molecule has 0 spiro atoms. The Labute approximate surface area is 154 Å². The average molecular weight is 415 g/mol. The standard InChI is InChI=1S/C18H21BrF2N2O2/c1-2-9-23-10-7-15(8-11-23)22-17(24)6-3-13-12-14(19)4-5-16(13)25-18(20)21/h2-6,12,15,18H,1,7-11H2,(H,22,24)/b6-3+. The molecule has 1 fully saturated rings. The van der Waals surface area contributed by atoms with Crippen LogP contribution >= 0.6 is 15.9 Å². The summed E-state index contributed by atoms with van der Waals surface area (Å²) in [6.07, 6.45) is 6.45. The van der Waals surface area contributed by atoms with Crippen LogP contribution in [0, 0.1) is 0 Å². The zero-order chi connectivity index (χ0) is 18.2. The number of piperidine rings is 1. The molecule has 1 saturated heterocycles. The molecule has 0 bridgehead atoms. The number of ether oxygens (including phenoxy) is 1. The molecule has 0 unspecified atom stereocenters. The molecule has 0 saturated carbocycles. The fourth-order valence-electron chi connectivity index (χ4n) is 2.71. The number of halogens is 3. The zero-order valence-corrected chi connectivity index (χ0v) is 15.3. The van der Waals surface area contributed by atoms with E-state index >= 15 is 0 Å². The van der Waals surface area contributed by atoms with Crippen LogP contribution in [0.2, 0.25) is 0 Å². The first-order chi connectivity index (χ1) is 12.0. The summed E-state index contributed by atoms with van der Waals surface area (Å²) in [5, 5.41) is 2.95. The van der Waals surface area contributed by atoms with Crippen LogP contribution in [0.3, 0.4) is 0 Å². The number of likely N-dealkylation sites (tertiary alicyclic amines) is 1. The minimum Gasteiger partial charge on any atom is -0.434 e. The van der Waals surface area contributed by atoms with Crippen molar-refractivity contribution in [2.24, 2.45) is 0 Å². The molecule has 2 rings (SSSR count). The summed E-state index contributed by atoms with van der Waals surface area (Å²) in [5.74, 6) is -0.217. The van der Waals surface area contributed by atoms with Crippen molar-refractivity contribution in [1.29, 1.82) is 0 Å². The van der Waals surface area contributed by atoms with Gasteiger partial charge in [-0.3, -0.25) is 9.69 Å². The molecule has 1 aliphatic heterocycles. The SMILES string of the molecule is C=CCN1CCC(NC(=O)/C=C/c2cc(Br)ccc2OC(F)F)CC1. The molecule has 1 amide bonds. The topological polar surface area (TPSA) is 41.6 Å². The van der Waals surface area contributed by atoms with Crippen LogP contribution in [0.15, 0.2) is 41.4 Å². The maximum atomic E-state index is 12.4. The summed E-state index contributed by atoms with van der Waals surface area (Å²) < 4.78 is 30.1. The van der Waals surface area contributed by atoms with Gasteiger partial charge < -0.3 is 10.1 Å². The fraction of sp³-hybridized carbons (Fsp3) is 0.389. The number of hydrogen-bond donors (Lipinski definition) is 1. The van der Waals surface area contributed by atoms with Crippen LogP contribution in [-0.4, -0.2) is 43.1 Å². The minimum absolute atomic E-state index is 0.0278. The zero-order valence-electron chi connectivity index (χ0n) is 13.8. The average Bonchev–Trinajstić information content (AvgIpc) is 2.57. The number of carbonyl (C=O) groups is 1. The van der Waals surface area contributed by atoms with Crippen LogP contribution in [0.25, 0.3) is 6.08 Å². The Morgan fingerprint density at radius 2 is 2.16 bits per heavy atom. The van der Waals surface area contributed by atoms with E-state index in [1.165, 1.54) is 18.2 Å². The van der Waals surface area contributed by atoms with Crippen molar-refractivity contribution in [2.45, 2.75) is 25.5 Å². The lowest BCUT2D eigenvalue weighted by molar-refractivity contribution is -0.117. The highest BCUT2D eigenvalue weighted by atomic mass is 79.9. The van der Waals surface area contributed by atoms with Gasteiger partial charge in [0.2, 0.25) is 5.91 Å². The number of carbonyl (C=O) groups excluding carboxylic acids is 1. The van der Waals surface area contributed by atoms with Crippen molar-refractivity contribution < 1.29 is 18.3 Å². The number of alkyl halides is 2. The normalized spacial score (nSPS) is 16.3. The molecule has 1 aromatic carbocycles. The quantitative estimate of drug-likeness (QED) is 0.544. The summed E-state index contributed by atoms with van der Waals surface area (Å²) in [7, 11) is 0. The lowest BCUT2D eigenvalue weighted by Crippen LogP contribution is -2.44. The molecule has 0 radical (unpaired) electrons. The first kappa shape index (κ1) is 19.6. The second kappa shape index (κ2) is 9.68. The number of hydrogen-bond acceptors (Lipinski definition) is 3. The van der Waals surface area contributed by atoms with Crippen LogP contribution in [0.5, 0.6) is 5.75 Å². The predicted octanol–water partition coefficient (Wildman–Crippen LogP) is 3.83. The summed E-state index contributed by atoms with van der Waals surface area (Å²) >= 11 is 3.28. The minimum atomic E-state index is -2.91. The Kier molecular flexibility index (Phi) is 7.58. The molecule has 0 atom stereocenters. The van der Waals surface area contributed by atoms with E-state index in [4.69, 9.17) is 0 Å². The lowest BCUT2D eigenvalue weighted by atomic mass is 10.0. The summed E-state index contributed by atoms with van der Waals surface area (Å²) in [4.78, 5) is 14.4. The van der Waals surface area contributed by atoms with Crippen LogP contribution < -0.4 is 10.1 Å². The van der Waals surface area contributed by atoms with Gasteiger partial charge in [-0.2, -0.15) is 8.78 Å². The molecule has 136 valence electrons. The van der Waals surface area contributed by atoms with Gasteiger partial charge in [0.25, 0.3) is 0 Å². The largest absolute Gasteiger partial charge is 0.434 e. The predicted molar refractivity (Wildman–Crippen MR) is 97.6 cm³/mol. The Hall–Kier alpha value is -1.73. The van der Waals surface area contributed by atoms with Gasteiger partial charge in [0.15, 0.2) is 0 Å². The number of benzene rings is 1. The van der Waals surface area contributed by atoms with Gasteiger partial charge >= 0.3 is 6.61 Å². The molecule has 1 heterocycles. The van der Waals surface area contributed by atoms with E-state index in [1.807, 2.05) is 6.08 Å². The highest BCUT2D eigenvalue weighted by molar-refractivity contribution is 9.10. The Morgan fingerprint density at radius 3 is 2.80 bits per heavy atom. The van der Waals surface area contributed by atoms with E-state index in [0.717, 1.165) is 32.5 Å². The Balaban J connectivity index is 1.92. The van der Waals surface area contributed by atoms with Crippen molar-refractivity contribution in [2.75, 3.05) is 19.6 Å². The number of nitrogens with zero attached hydrogens (tertiary/aromatic N) is 1. The van der Waals surface area contributed by atoms with Crippen LogP contribution in [0.1, 0.15) is 18.4 Å². The molecular weight excluding hydrogens is 394 g/mol. The monoisotopic (exact) mass is 414 g/mol. The van der Waals surface area contributed by atoms with E-state index in [2.05, 4.69) is 37.5 Å². The smallest absolute Gasteiger partial charge is 0.387 e. The van der Waals surface area contributed by atoms with E-state index in [9.17, 15) is 13.6 Å². The number of amides is 1. The summed E-state index contributed by atoms with van der Waals surface area (Å²) in [5.41, 5.74) is 0.408. The second-order valence-corrected chi connectivity index (χ2v) is 6.68. The van der Waals surface area contributed by atoms with Crippen molar-refractivity contribution >= 4 is 27.9 Å². The van der Waals surface area contributed by atoms with Gasteiger partial charge in [0.1, 0.15) is 5.75 Å².